The summed E-state index contributed by atoms with van der Waals surface area (Å²) >= 11 is 5.97. The molecule has 0 saturated carbocycles. The van der Waals surface area contributed by atoms with Crippen molar-refractivity contribution in [3.05, 3.63) is 51.9 Å². The number of hydrogen-bond donors (Lipinski definition) is 0. The van der Waals surface area contributed by atoms with Gasteiger partial charge in [-0.3, -0.25) is 4.79 Å². The van der Waals surface area contributed by atoms with E-state index in [0.29, 0.717) is 35.1 Å². The first-order valence-corrected chi connectivity index (χ1v) is 6.87. The number of aromatic nitrogens is 1. The Hall–Kier alpha value is -1.81. The summed E-state index contributed by atoms with van der Waals surface area (Å²) in [5, 5.41) is 4.50. The van der Waals surface area contributed by atoms with Gasteiger partial charge in [0.2, 0.25) is 0 Å². The molecule has 20 heavy (non-hydrogen) atoms. The molecule has 0 atom stereocenters. The van der Waals surface area contributed by atoms with Gasteiger partial charge in [-0.15, -0.1) is 0 Å². The molecule has 0 aliphatic carbocycles. The zero-order valence-corrected chi connectivity index (χ0v) is 12.6. The van der Waals surface area contributed by atoms with Gasteiger partial charge in [-0.05, 0) is 38.5 Å². The second-order valence-electron chi connectivity index (χ2n) is 4.65. The summed E-state index contributed by atoms with van der Waals surface area (Å²) in [6.45, 7) is 6.59. The number of aryl methyl sites for hydroxylation is 2. The standard InChI is InChI=1S/C15H17ClN2O2/c1-4-18(9-12-6-5-7-13(16)8-12)15(19)14-10(2)17-20-11(14)3/h5-8H,4,9H2,1-3H3. The number of nitrogens with zero attached hydrogens (tertiary/aromatic N) is 2. The quantitative estimate of drug-likeness (QED) is 0.865. The maximum absolute atomic E-state index is 12.6. The highest BCUT2D eigenvalue weighted by atomic mass is 35.5. The molecule has 0 fully saturated rings. The van der Waals surface area contributed by atoms with Crippen LogP contribution in [0.2, 0.25) is 5.02 Å². The van der Waals surface area contributed by atoms with E-state index in [-0.39, 0.29) is 5.91 Å². The number of hydrogen-bond acceptors (Lipinski definition) is 3. The lowest BCUT2D eigenvalue weighted by atomic mass is 10.1. The Morgan fingerprint density at radius 2 is 2.15 bits per heavy atom. The first-order valence-electron chi connectivity index (χ1n) is 6.49. The van der Waals surface area contributed by atoms with E-state index in [1.807, 2.05) is 31.2 Å². The van der Waals surface area contributed by atoms with Gasteiger partial charge in [0.15, 0.2) is 0 Å². The molecule has 1 aromatic carbocycles. The molecular weight excluding hydrogens is 276 g/mol. The van der Waals surface area contributed by atoms with Crippen LogP contribution in [0.1, 0.15) is 34.3 Å². The summed E-state index contributed by atoms with van der Waals surface area (Å²) in [5.74, 6) is 0.487. The van der Waals surface area contributed by atoms with Crippen molar-refractivity contribution >= 4 is 17.5 Å². The zero-order valence-electron chi connectivity index (χ0n) is 11.8. The van der Waals surface area contributed by atoms with Crippen molar-refractivity contribution in [3.8, 4) is 0 Å². The third-order valence-electron chi connectivity index (χ3n) is 3.18. The highest BCUT2D eigenvalue weighted by molar-refractivity contribution is 6.30. The smallest absolute Gasteiger partial charge is 0.259 e. The van der Waals surface area contributed by atoms with Crippen LogP contribution in [-0.4, -0.2) is 22.5 Å². The van der Waals surface area contributed by atoms with Crippen LogP contribution in [0.25, 0.3) is 0 Å². The molecule has 1 aromatic heterocycles. The van der Waals surface area contributed by atoms with Crippen LogP contribution in [-0.2, 0) is 6.54 Å². The molecule has 106 valence electrons. The first kappa shape index (κ1) is 14.6. The van der Waals surface area contributed by atoms with Crippen LogP contribution in [0.3, 0.4) is 0 Å². The Morgan fingerprint density at radius 3 is 2.70 bits per heavy atom. The number of carbonyl (C=O) groups is 1. The van der Waals surface area contributed by atoms with E-state index >= 15 is 0 Å². The van der Waals surface area contributed by atoms with Crippen molar-refractivity contribution in [2.24, 2.45) is 0 Å². The molecule has 1 heterocycles. The van der Waals surface area contributed by atoms with Crippen molar-refractivity contribution in [2.45, 2.75) is 27.3 Å². The van der Waals surface area contributed by atoms with E-state index in [0.717, 1.165) is 5.56 Å². The molecule has 5 heteroatoms. The molecule has 0 unspecified atom stereocenters. The van der Waals surface area contributed by atoms with Crippen LogP contribution in [0, 0.1) is 13.8 Å². The van der Waals surface area contributed by atoms with Gasteiger partial charge >= 0.3 is 0 Å². The fourth-order valence-electron chi connectivity index (χ4n) is 2.13. The van der Waals surface area contributed by atoms with Crippen LogP contribution in [0.15, 0.2) is 28.8 Å². The van der Waals surface area contributed by atoms with Crippen molar-refractivity contribution in [1.29, 1.82) is 0 Å². The maximum Gasteiger partial charge on any atom is 0.259 e. The summed E-state index contributed by atoms with van der Waals surface area (Å²) in [6.07, 6.45) is 0. The Morgan fingerprint density at radius 1 is 1.40 bits per heavy atom. The van der Waals surface area contributed by atoms with Crippen molar-refractivity contribution in [3.63, 3.8) is 0 Å². The van der Waals surface area contributed by atoms with Gasteiger partial charge in [0, 0.05) is 18.1 Å². The van der Waals surface area contributed by atoms with Crippen LogP contribution in [0.5, 0.6) is 0 Å². The van der Waals surface area contributed by atoms with Gasteiger partial charge in [0.25, 0.3) is 5.91 Å². The summed E-state index contributed by atoms with van der Waals surface area (Å²) in [7, 11) is 0. The van der Waals surface area contributed by atoms with E-state index < -0.39 is 0 Å². The normalized spacial score (nSPS) is 10.6. The molecule has 0 N–H and O–H groups in total. The van der Waals surface area contributed by atoms with E-state index in [2.05, 4.69) is 5.16 Å². The highest BCUT2D eigenvalue weighted by Gasteiger charge is 2.22. The third kappa shape index (κ3) is 3.02. The molecule has 0 aliphatic rings. The second-order valence-corrected chi connectivity index (χ2v) is 5.08. The molecule has 0 radical (unpaired) electrons. The minimum Gasteiger partial charge on any atom is -0.361 e. The average Bonchev–Trinajstić information content (AvgIpc) is 2.75. The number of benzene rings is 1. The lowest BCUT2D eigenvalue weighted by Gasteiger charge is -2.21. The number of amides is 1. The summed E-state index contributed by atoms with van der Waals surface area (Å²) in [6, 6.07) is 7.52. The lowest BCUT2D eigenvalue weighted by molar-refractivity contribution is 0.0750. The molecule has 4 nitrogen and oxygen atoms in total. The van der Waals surface area contributed by atoms with Crippen LogP contribution < -0.4 is 0 Å². The lowest BCUT2D eigenvalue weighted by Crippen LogP contribution is -2.31. The first-order chi connectivity index (χ1) is 9.52. The fourth-order valence-corrected chi connectivity index (χ4v) is 2.34. The Labute approximate surface area is 123 Å². The Kier molecular flexibility index (Phi) is 4.45. The van der Waals surface area contributed by atoms with Gasteiger partial charge in [-0.25, -0.2) is 0 Å². The molecule has 1 amide bonds. The fraction of sp³-hybridized carbons (Fsp3) is 0.333. The molecule has 0 bridgehead atoms. The van der Waals surface area contributed by atoms with Crippen LogP contribution >= 0.6 is 11.6 Å². The van der Waals surface area contributed by atoms with Crippen molar-refractivity contribution < 1.29 is 9.32 Å². The van der Waals surface area contributed by atoms with Gasteiger partial charge < -0.3 is 9.42 Å². The molecular formula is C15H17ClN2O2. The largest absolute Gasteiger partial charge is 0.361 e. The minimum absolute atomic E-state index is 0.0660. The predicted molar refractivity (Wildman–Crippen MR) is 77.8 cm³/mol. The molecule has 2 rings (SSSR count). The van der Waals surface area contributed by atoms with Gasteiger partial charge in [0.05, 0.1) is 5.69 Å². The Balaban J connectivity index is 2.22. The number of halogens is 1. The molecule has 2 aromatic rings. The third-order valence-corrected chi connectivity index (χ3v) is 3.41. The molecule has 0 aliphatic heterocycles. The molecule has 0 saturated heterocycles. The molecule has 0 spiro atoms. The maximum atomic E-state index is 12.6. The highest BCUT2D eigenvalue weighted by Crippen LogP contribution is 2.18. The summed E-state index contributed by atoms with van der Waals surface area (Å²) < 4.78 is 5.06. The second kappa shape index (κ2) is 6.09. The van der Waals surface area contributed by atoms with E-state index in [1.165, 1.54) is 0 Å². The van der Waals surface area contributed by atoms with Gasteiger partial charge in [0.1, 0.15) is 11.3 Å². The van der Waals surface area contributed by atoms with E-state index in [1.54, 1.807) is 18.7 Å². The number of rotatable bonds is 4. The van der Waals surface area contributed by atoms with Gasteiger partial charge in [-0.2, -0.15) is 0 Å². The minimum atomic E-state index is -0.0660. The number of carbonyl (C=O) groups excluding carboxylic acids is 1. The topological polar surface area (TPSA) is 46.3 Å². The average molecular weight is 293 g/mol. The monoisotopic (exact) mass is 292 g/mol. The Bertz CT molecular complexity index is 603. The zero-order chi connectivity index (χ0) is 14.7. The summed E-state index contributed by atoms with van der Waals surface area (Å²) in [4.78, 5) is 14.3. The van der Waals surface area contributed by atoms with Crippen molar-refractivity contribution in [2.75, 3.05) is 6.54 Å². The van der Waals surface area contributed by atoms with Gasteiger partial charge in [-0.1, -0.05) is 28.9 Å². The predicted octanol–water partition coefficient (Wildman–Crippen LogP) is 3.61. The summed E-state index contributed by atoms with van der Waals surface area (Å²) in [5.41, 5.74) is 2.17. The van der Waals surface area contributed by atoms with E-state index in [4.69, 9.17) is 16.1 Å². The SMILES string of the molecule is CCN(Cc1cccc(Cl)c1)C(=O)c1c(C)noc1C. The van der Waals surface area contributed by atoms with Crippen molar-refractivity contribution in [1.82, 2.24) is 10.1 Å². The van der Waals surface area contributed by atoms with E-state index in [9.17, 15) is 4.79 Å². The van der Waals surface area contributed by atoms with Crippen LogP contribution in [0.4, 0.5) is 0 Å².